The Balaban J connectivity index is 1.69. The summed E-state index contributed by atoms with van der Waals surface area (Å²) in [6, 6.07) is 10.1. The molecular weight excluding hydrogens is 436 g/mol. The van der Waals surface area contributed by atoms with Gasteiger partial charge in [-0.1, -0.05) is 31.0 Å². The van der Waals surface area contributed by atoms with E-state index in [0.29, 0.717) is 32.8 Å². The number of fused-ring (bicyclic) bond motifs is 1. The van der Waals surface area contributed by atoms with Crippen molar-refractivity contribution >= 4 is 17.2 Å². The maximum absolute atomic E-state index is 13.5. The molecule has 1 amide bonds. The molecule has 0 fully saturated rings. The molecule has 2 heterocycles. The van der Waals surface area contributed by atoms with E-state index in [4.69, 9.17) is 9.47 Å². The second-order valence-corrected chi connectivity index (χ2v) is 9.80. The van der Waals surface area contributed by atoms with Gasteiger partial charge in [-0.05, 0) is 55.3 Å². The highest BCUT2D eigenvalue weighted by atomic mass is 32.1. The van der Waals surface area contributed by atoms with Crippen LogP contribution in [0.15, 0.2) is 35.7 Å². The van der Waals surface area contributed by atoms with Crippen molar-refractivity contribution in [2.24, 2.45) is 0 Å². The van der Waals surface area contributed by atoms with Crippen LogP contribution in [0.1, 0.15) is 48.2 Å². The maximum Gasteiger partial charge on any atom is 0.237 e. The molecule has 2 aromatic rings. The Hall–Kier alpha value is -1.93. The number of benzene rings is 1. The SMILES string of the molecule is CCC[C@@H](O)CN(CCCOC)CC(=O)N1CCc2sccc2[C@H]1COc1ccc(C)cc1. The molecule has 0 radical (unpaired) electrons. The summed E-state index contributed by atoms with van der Waals surface area (Å²) in [7, 11) is 1.69. The lowest BCUT2D eigenvalue weighted by molar-refractivity contribution is -0.136. The lowest BCUT2D eigenvalue weighted by atomic mass is 10.0. The van der Waals surface area contributed by atoms with E-state index < -0.39 is 6.10 Å². The zero-order chi connectivity index (χ0) is 23.6. The number of nitrogens with zero attached hydrogens (tertiary/aromatic N) is 2. The molecule has 182 valence electrons. The molecule has 6 nitrogen and oxygen atoms in total. The highest BCUT2D eigenvalue weighted by Crippen LogP contribution is 2.34. The van der Waals surface area contributed by atoms with Crippen LogP contribution in [0.4, 0.5) is 0 Å². The molecule has 1 aromatic carbocycles. The summed E-state index contributed by atoms with van der Waals surface area (Å²) < 4.78 is 11.3. The van der Waals surface area contributed by atoms with Crippen molar-refractivity contribution in [3.63, 3.8) is 0 Å². The third-order valence-electron chi connectivity index (χ3n) is 6.12. The van der Waals surface area contributed by atoms with Crippen molar-refractivity contribution in [1.29, 1.82) is 0 Å². The Kier molecular flexibility index (Phi) is 10.2. The molecule has 1 aromatic heterocycles. The monoisotopic (exact) mass is 474 g/mol. The van der Waals surface area contributed by atoms with Crippen molar-refractivity contribution in [3.05, 3.63) is 51.7 Å². The summed E-state index contributed by atoms with van der Waals surface area (Å²) in [6.07, 6.45) is 2.95. The number of aliphatic hydroxyl groups excluding tert-OH is 1. The van der Waals surface area contributed by atoms with Crippen molar-refractivity contribution in [2.45, 2.75) is 51.7 Å². The molecule has 0 bridgehead atoms. The largest absolute Gasteiger partial charge is 0.491 e. The summed E-state index contributed by atoms with van der Waals surface area (Å²) in [5, 5.41) is 12.5. The first kappa shape index (κ1) is 25.7. The number of aryl methyl sites for hydroxylation is 1. The average molecular weight is 475 g/mol. The normalized spacial score (nSPS) is 16.6. The fourth-order valence-electron chi connectivity index (χ4n) is 4.36. The second-order valence-electron chi connectivity index (χ2n) is 8.80. The zero-order valence-electron chi connectivity index (χ0n) is 20.2. The van der Waals surface area contributed by atoms with Crippen molar-refractivity contribution in [3.8, 4) is 5.75 Å². The number of amides is 1. The number of hydrogen-bond acceptors (Lipinski definition) is 6. The Bertz CT molecular complexity index is 854. The lowest BCUT2D eigenvalue weighted by Crippen LogP contribution is -2.48. The van der Waals surface area contributed by atoms with E-state index in [1.807, 2.05) is 29.2 Å². The predicted molar refractivity (Wildman–Crippen MR) is 133 cm³/mol. The van der Waals surface area contributed by atoms with E-state index in [0.717, 1.165) is 38.0 Å². The molecule has 1 aliphatic rings. The van der Waals surface area contributed by atoms with Gasteiger partial charge in [0.2, 0.25) is 5.91 Å². The van der Waals surface area contributed by atoms with Crippen molar-refractivity contribution in [2.75, 3.05) is 46.5 Å². The first-order valence-corrected chi connectivity index (χ1v) is 12.8. The van der Waals surface area contributed by atoms with E-state index in [1.165, 1.54) is 16.0 Å². The highest BCUT2D eigenvalue weighted by Gasteiger charge is 2.33. The molecule has 1 aliphatic heterocycles. The average Bonchev–Trinajstić information content (AvgIpc) is 3.28. The number of methoxy groups -OCH3 is 1. The number of ether oxygens (including phenoxy) is 2. The van der Waals surface area contributed by atoms with Crippen LogP contribution in [0.5, 0.6) is 5.75 Å². The van der Waals surface area contributed by atoms with E-state index in [-0.39, 0.29) is 11.9 Å². The van der Waals surface area contributed by atoms with Crippen molar-refractivity contribution < 1.29 is 19.4 Å². The molecule has 0 saturated carbocycles. The van der Waals surface area contributed by atoms with E-state index in [1.54, 1.807) is 18.4 Å². The maximum atomic E-state index is 13.5. The molecule has 3 rings (SSSR count). The standard InChI is InChI=1S/C26H38N2O4S/c1-4-6-21(29)17-27(13-5-15-31-3)18-26(30)28-14-11-25-23(12-16-33-25)24(28)19-32-22-9-7-20(2)8-10-22/h7-10,12,16,21,24,29H,4-6,11,13-15,17-19H2,1-3H3/t21-,24-/m1/s1. The van der Waals surface area contributed by atoms with Crippen molar-refractivity contribution in [1.82, 2.24) is 9.80 Å². The molecule has 33 heavy (non-hydrogen) atoms. The van der Waals surface area contributed by atoms with Gasteiger partial charge in [-0.25, -0.2) is 0 Å². The van der Waals surface area contributed by atoms with Gasteiger partial charge in [0, 0.05) is 38.2 Å². The number of thiophene rings is 1. The van der Waals surface area contributed by atoms with E-state index in [2.05, 4.69) is 30.2 Å². The van der Waals surface area contributed by atoms with Gasteiger partial charge in [0.25, 0.3) is 0 Å². The minimum Gasteiger partial charge on any atom is -0.491 e. The molecule has 7 heteroatoms. The third-order valence-corrected chi connectivity index (χ3v) is 7.11. The van der Waals surface area contributed by atoms with Gasteiger partial charge in [0.1, 0.15) is 12.4 Å². The fraction of sp³-hybridized carbons (Fsp3) is 0.577. The number of hydrogen-bond donors (Lipinski definition) is 1. The smallest absolute Gasteiger partial charge is 0.237 e. The Morgan fingerprint density at radius 3 is 2.82 bits per heavy atom. The highest BCUT2D eigenvalue weighted by molar-refractivity contribution is 7.10. The number of rotatable bonds is 13. The van der Waals surface area contributed by atoms with Crippen LogP contribution in [0.25, 0.3) is 0 Å². The number of aliphatic hydroxyl groups is 1. The first-order valence-electron chi connectivity index (χ1n) is 12.0. The molecule has 0 unspecified atom stereocenters. The van der Waals surface area contributed by atoms with E-state index >= 15 is 0 Å². The van der Waals surface area contributed by atoms with Gasteiger partial charge >= 0.3 is 0 Å². The van der Waals surface area contributed by atoms with Crippen LogP contribution in [0.2, 0.25) is 0 Å². The van der Waals surface area contributed by atoms with Gasteiger partial charge in [0.15, 0.2) is 0 Å². The second kappa shape index (κ2) is 13.1. The summed E-state index contributed by atoms with van der Waals surface area (Å²) in [5.74, 6) is 0.907. The van der Waals surface area contributed by atoms with Crippen LogP contribution in [-0.4, -0.2) is 73.4 Å². The molecule has 0 aliphatic carbocycles. The molecular formula is C26H38N2O4S. The number of carbonyl (C=O) groups excluding carboxylic acids is 1. The summed E-state index contributed by atoms with van der Waals surface area (Å²) >= 11 is 1.76. The lowest BCUT2D eigenvalue weighted by Gasteiger charge is -2.37. The van der Waals surface area contributed by atoms with Crippen LogP contribution >= 0.6 is 11.3 Å². The minimum atomic E-state index is -0.421. The first-order chi connectivity index (χ1) is 16.0. The minimum absolute atomic E-state index is 0.0884. The predicted octanol–water partition coefficient (Wildman–Crippen LogP) is 4.06. The summed E-state index contributed by atoms with van der Waals surface area (Å²) in [5.41, 5.74) is 2.39. The van der Waals surface area contributed by atoms with Gasteiger partial charge in [0.05, 0.1) is 18.7 Å². The third kappa shape index (κ3) is 7.54. The Morgan fingerprint density at radius 1 is 1.30 bits per heavy atom. The molecule has 1 N–H and O–H groups in total. The summed E-state index contributed by atoms with van der Waals surface area (Å²) in [6.45, 7) is 7.41. The van der Waals surface area contributed by atoms with Crippen LogP contribution in [0.3, 0.4) is 0 Å². The van der Waals surface area contributed by atoms with Crippen LogP contribution in [-0.2, 0) is 16.0 Å². The zero-order valence-corrected chi connectivity index (χ0v) is 21.0. The molecule has 0 saturated heterocycles. The Labute approximate surface area is 202 Å². The van der Waals surface area contributed by atoms with Crippen LogP contribution < -0.4 is 4.74 Å². The molecule has 2 atom stereocenters. The van der Waals surface area contributed by atoms with E-state index in [9.17, 15) is 9.90 Å². The van der Waals surface area contributed by atoms with Crippen LogP contribution in [0, 0.1) is 6.92 Å². The van der Waals surface area contributed by atoms with Gasteiger partial charge in [-0.15, -0.1) is 11.3 Å². The topological polar surface area (TPSA) is 62.2 Å². The fourth-order valence-corrected chi connectivity index (χ4v) is 5.28. The Morgan fingerprint density at radius 2 is 2.09 bits per heavy atom. The quantitative estimate of drug-likeness (QED) is 0.444. The van der Waals surface area contributed by atoms with Gasteiger partial charge < -0.3 is 19.5 Å². The molecule has 0 spiro atoms. The van der Waals surface area contributed by atoms with Gasteiger partial charge in [-0.3, -0.25) is 9.69 Å². The summed E-state index contributed by atoms with van der Waals surface area (Å²) in [4.78, 5) is 18.9. The van der Waals surface area contributed by atoms with Gasteiger partial charge in [-0.2, -0.15) is 0 Å². The number of carbonyl (C=O) groups is 1.